The van der Waals surface area contributed by atoms with Gasteiger partial charge in [0.05, 0.1) is 41.9 Å². The Balaban J connectivity index is 0.000000275. The maximum absolute atomic E-state index is 6.61. The van der Waals surface area contributed by atoms with E-state index < -0.39 is 8.07 Å². The van der Waals surface area contributed by atoms with Crippen LogP contribution in [0.25, 0.3) is 72.6 Å². The topological polar surface area (TPSA) is 56.7 Å². The van der Waals surface area contributed by atoms with Gasteiger partial charge in [0.2, 0.25) is 0 Å². The van der Waals surface area contributed by atoms with Crippen molar-refractivity contribution < 1.29 is 24.5 Å². The van der Waals surface area contributed by atoms with Crippen molar-refractivity contribution in [1.29, 1.82) is 0 Å². The van der Waals surface area contributed by atoms with E-state index in [2.05, 4.69) is 108 Å². The minimum Gasteiger partial charge on any atom is -0.501 e. The van der Waals surface area contributed by atoms with Gasteiger partial charge in [-0.15, -0.1) is 54.1 Å². The van der Waals surface area contributed by atoms with Gasteiger partial charge in [0.25, 0.3) is 0 Å². The molecule has 4 aromatic heterocycles. The number of para-hydroxylation sites is 1. The molecule has 9 rings (SSSR count). The van der Waals surface area contributed by atoms with Crippen LogP contribution in [0.1, 0.15) is 5.69 Å². The van der Waals surface area contributed by atoms with Crippen LogP contribution in [0.2, 0.25) is 19.6 Å². The molecular weight excluding hydrogens is 833 g/mol. The molecule has 52 heavy (non-hydrogen) atoms. The van der Waals surface area contributed by atoms with E-state index in [1.807, 2.05) is 79.7 Å². The number of furan rings is 1. The largest absolute Gasteiger partial charge is 0.501 e. The van der Waals surface area contributed by atoms with Gasteiger partial charge in [0.15, 0.2) is 0 Å². The minimum atomic E-state index is -1.48. The number of fused-ring (bicyclic) bond motifs is 4. The Morgan fingerprint density at radius 2 is 1.42 bits per heavy atom. The van der Waals surface area contributed by atoms with Crippen molar-refractivity contribution in [3.05, 3.63) is 164 Å². The van der Waals surface area contributed by atoms with E-state index in [9.17, 15) is 0 Å². The van der Waals surface area contributed by atoms with Crippen molar-refractivity contribution in [1.82, 2.24) is 19.5 Å². The molecule has 9 aromatic rings. The SMILES string of the molecule is Cc1nc(-c2ccccc2)cc2c1nc(-c1[c-]ccc3c1oc1cc([Si](C)(C)C)ccc13)n2-c1ccccc1.[Ir].[c-]1ccccc1-c1ccccn1. The van der Waals surface area contributed by atoms with Gasteiger partial charge in [0, 0.05) is 42.9 Å². The number of benzene rings is 5. The van der Waals surface area contributed by atoms with Crippen LogP contribution in [0.15, 0.2) is 150 Å². The first kappa shape index (κ1) is 35.0. The first-order chi connectivity index (χ1) is 24.8. The van der Waals surface area contributed by atoms with Crippen LogP contribution in [0.4, 0.5) is 0 Å². The van der Waals surface area contributed by atoms with Crippen LogP contribution in [0, 0.1) is 19.1 Å². The third-order valence-electron chi connectivity index (χ3n) is 9.07. The summed E-state index contributed by atoms with van der Waals surface area (Å²) in [4.78, 5) is 14.3. The average Bonchev–Trinajstić information content (AvgIpc) is 3.75. The molecule has 0 aliphatic heterocycles. The summed E-state index contributed by atoms with van der Waals surface area (Å²) < 4.78 is 8.82. The van der Waals surface area contributed by atoms with E-state index in [0.717, 1.165) is 78.3 Å². The fourth-order valence-corrected chi connectivity index (χ4v) is 7.59. The van der Waals surface area contributed by atoms with Gasteiger partial charge in [-0.1, -0.05) is 109 Å². The molecule has 0 saturated heterocycles. The minimum absolute atomic E-state index is 0. The first-order valence-corrected chi connectivity index (χ1v) is 20.6. The van der Waals surface area contributed by atoms with E-state index in [4.69, 9.17) is 14.4 Å². The van der Waals surface area contributed by atoms with Crippen LogP contribution in [0.3, 0.4) is 0 Å². The van der Waals surface area contributed by atoms with Crippen LogP contribution in [-0.4, -0.2) is 27.6 Å². The van der Waals surface area contributed by atoms with Crippen molar-refractivity contribution in [2.45, 2.75) is 26.6 Å². The van der Waals surface area contributed by atoms with Gasteiger partial charge in [-0.3, -0.25) is 9.97 Å². The number of hydrogen-bond acceptors (Lipinski definition) is 4. The van der Waals surface area contributed by atoms with Gasteiger partial charge in [-0.05, 0) is 42.9 Å². The molecule has 0 aliphatic rings. The molecule has 257 valence electrons. The third kappa shape index (κ3) is 6.79. The van der Waals surface area contributed by atoms with Gasteiger partial charge < -0.3 is 14.0 Å². The van der Waals surface area contributed by atoms with E-state index in [0.29, 0.717) is 0 Å². The third-order valence-corrected chi connectivity index (χ3v) is 11.1. The van der Waals surface area contributed by atoms with Gasteiger partial charge in [-0.25, -0.2) is 0 Å². The summed E-state index contributed by atoms with van der Waals surface area (Å²) in [5.41, 5.74) is 10.4. The van der Waals surface area contributed by atoms with Crippen molar-refractivity contribution in [3.8, 4) is 39.6 Å². The molecule has 0 atom stereocenters. The fourth-order valence-electron chi connectivity index (χ4n) is 6.44. The second kappa shape index (κ2) is 14.6. The van der Waals surface area contributed by atoms with Crippen LogP contribution < -0.4 is 5.19 Å². The molecule has 1 radical (unpaired) electrons. The fraction of sp³-hybridized carbons (Fsp3) is 0.0889. The van der Waals surface area contributed by atoms with E-state index >= 15 is 0 Å². The zero-order valence-electron chi connectivity index (χ0n) is 29.4. The number of aromatic nitrogens is 4. The predicted octanol–water partition coefficient (Wildman–Crippen LogP) is 10.9. The number of rotatable bonds is 5. The van der Waals surface area contributed by atoms with Crippen LogP contribution in [0.5, 0.6) is 0 Å². The Hall–Kier alpha value is -5.46. The smallest absolute Gasteiger partial charge is 0.120 e. The normalized spacial score (nSPS) is 11.3. The second-order valence-corrected chi connectivity index (χ2v) is 18.7. The number of aryl methyl sites for hydroxylation is 1. The summed E-state index contributed by atoms with van der Waals surface area (Å²) in [6, 6.07) is 53.9. The Kier molecular flexibility index (Phi) is 9.85. The van der Waals surface area contributed by atoms with Crippen LogP contribution >= 0.6 is 0 Å². The monoisotopic (exact) mass is 869 g/mol. The van der Waals surface area contributed by atoms with Crippen molar-refractivity contribution in [2.75, 3.05) is 0 Å². The van der Waals surface area contributed by atoms with Crippen molar-refractivity contribution in [2.24, 2.45) is 0 Å². The van der Waals surface area contributed by atoms with Crippen molar-refractivity contribution >= 4 is 46.2 Å². The number of nitrogens with zero attached hydrogens (tertiary/aromatic N) is 4. The number of hydrogen-bond donors (Lipinski definition) is 0. The zero-order chi connectivity index (χ0) is 35.0. The molecule has 0 amide bonds. The van der Waals surface area contributed by atoms with E-state index in [1.54, 1.807) is 6.20 Å². The summed E-state index contributed by atoms with van der Waals surface area (Å²) in [5, 5.41) is 3.58. The second-order valence-electron chi connectivity index (χ2n) is 13.6. The van der Waals surface area contributed by atoms with E-state index in [-0.39, 0.29) is 20.1 Å². The molecule has 7 heteroatoms. The molecule has 0 fully saturated rings. The summed E-state index contributed by atoms with van der Waals surface area (Å²) in [6.07, 6.45) is 1.79. The number of imidazole rings is 1. The van der Waals surface area contributed by atoms with Gasteiger partial charge in [-0.2, -0.15) is 0 Å². The molecule has 0 N–H and O–H groups in total. The molecule has 4 heterocycles. The quantitative estimate of drug-likeness (QED) is 0.128. The molecule has 0 saturated carbocycles. The Labute approximate surface area is 318 Å². The van der Waals surface area contributed by atoms with E-state index in [1.165, 1.54) is 5.19 Å². The molecule has 0 unspecified atom stereocenters. The summed E-state index contributed by atoms with van der Waals surface area (Å²) in [6.45, 7) is 9.11. The summed E-state index contributed by atoms with van der Waals surface area (Å²) in [5.74, 6) is 0.793. The molecular formula is C45H36IrN4OSi-2. The van der Waals surface area contributed by atoms with Crippen molar-refractivity contribution in [3.63, 3.8) is 0 Å². The van der Waals surface area contributed by atoms with Gasteiger partial charge >= 0.3 is 0 Å². The summed E-state index contributed by atoms with van der Waals surface area (Å²) >= 11 is 0. The first-order valence-electron chi connectivity index (χ1n) is 17.1. The maximum Gasteiger partial charge on any atom is 0.120 e. The molecule has 0 spiro atoms. The molecule has 0 bridgehead atoms. The Morgan fingerprint density at radius 3 is 2.13 bits per heavy atom. The average molecular weight is 869 g/mol. The molecule has 5 nitrogen and oxygen atoms in total. The number of pyridine rings is 2. The summed E-state index contributed by atoms with van der Waals surface area (Å²) in [7, 11) is -1.48. The Bertz CT molecular complexity index is 2580. The maximum atomic E-state index is 6.61. The predicted molar refractivity (Wildman–Crippen MR) is 212 cm³/mol. The van der Waals surface area contributed by atoms with Gasteiger partial charge in [0.1, 0.15) is 5.58 Å². The standard InChI is InChI=1S/C34H28N3OSi.C11H8N.Ir/c1-22-32-30(21-29(35-22)23-12-7-5-8-13-23)37(24-14-9-6-10-15-24)34(36-32)28-17-11-16-27-26-19-18-25(39(2,3)4)20-31(26)38-33(27)28;1-2-6-10(7-3-1)11-8-4-5-9-12-11;/h5-16,18-21H,1-4H3;1-6,8-9H;/q2*-1;. The Morgan fingerprint density at radius 1 is 0.673 bits per heavy atom. The zero-order valence-corrected chi connectivity index (χ0v) is 32.8. The molecule has 5 aromatic carbocycles. The van der Waals surface area contributed by atoms with Crippen LogP contribution in [-0.2, 0) is 20.1 Å². The molecule has 0 aliphatic carbocycles.